The van der Waals surface area contributed by atoms with Crippen LogP contribution in [0.15, 0.2) is 24.3 Å². The second-order valence-corrected chi connectivity index (χ2v) is 7.18. The summed E-state index contributed by atoms with van der Waals surface area (Å²) in [5.41, 5.74) is 1.64. The number of amides is 2. The van der Waals surface area contributed by atoms with E-state index in [0.717, 1.165) is 16.3 Å². The molecule has 2 aromatic rings. The largest absolute Gasteiger partial charge is 0.339 e. The van der Waals surface area contributed by atoms with E-state index in [-0.39, 0.29) is 11.8 Å². The molecule has 1 saturated heterocycles. The molecular weight excluding hydrogens is 346 g/mol. The molecule has 0 unspecified atom stereocenters. The number of hydrogen-bond acceptors (Lipinski definition) is 4. The molecule has 1 aromatic carbocycles. The van der Waals surface area contributed by atoms with Crippen LogP contribution in [0.4, 0.5) is 0 Å². The molecule has 3 rings (SSSR count). The Hall–Kier alpha value is -1.92. The molecule has 0 atom stereocenters. The Morgan fingerprint density at radius 3 is 2.46 bits per heavy atom. The van der Waals surface area contributed by atoms with E-state index in [0.29, 0.717) is 36.1 Å². The summed E-state index contributed by atoms with van der Waals surface area (Å²) in [6.07, 6.45) is 0. The maximum atomic E-state index is 12.8. The highest BCUT2D eigenvalue weighted by molar-refractivity contribution is 7.17. The molecule has 0 radical (unpaired) electrons. The Morgan fingerprint density at radius 2 is 1.83 bits per heavy atom. The van der Waals surface area contributed by atoms with Crippen LogP contribution in [-0.2, 0) is 4.79 Å². The minimum atomic E-state index is -0.0125. The van der Waals surface area contributed by atoms with Crippen LogP contribution in [0.1, 0.15) is 22.3 Å². The van der Waals surface area contributed by atoms with Gasteiger partial charge in [0.05, 0.1) is 5.69 Å². The summed E-state index contributed by atoms with van der Waals surface area (Å²) in [5.74, 6) is 0.0424. The van der Waals surface area contributed by atoms with Crippen molar-refractivity contribution in [2.75, 3.05) is 26.2 Å². The van der Waals surface area contributed by atoms with Crippen LogP contribution in [0.2, 0.25) is 5.02 Å². The SMILES string of the molecule is CC(=O)N1CCN(C(=O)c2sc(-c3cccc(Cl)c3)nc2C)CC1. The van der Waals surface area contributed by atoms with Crippen LogP contribution in [0, 0.1) is 6.92 Å². The highest BCUT2D eigenvalue weighted by Crippen LogP contribution is 2.30. The van der Waals surface area contributed by atoms with E-state index in [4.69, 9.17) is 11.6 Å². The lowest BCUT2D eigenvalue weighted by molar-refractivity contribution is -0.130. The average molecular weight is 364 g/mol. The number of aromatic nitrogens is 1. The Morgan fingerprint density at radius 1 is 1.17 bits per heavy atom. The fraction of sp³-hybridized carbons (Fsp3) is 0.353. The van der Waals surface area contributed by atoms with Crippen LogP contribution in [-0.4, -0.2) is 52.8 Å². The van der Waals surface area contributed by atoms with Crippen molar-refractivity contribution in [3.05, 3.63) is 39.9 Å². The molecule has 0 saturated carbocycles. The van der Waals surface area contributed by atoms with Gasteiger partial charge in [-0.05, 0) is 19.1 Å². The van der Waals surface area contributed by atoms with Gasteiger partial charge in [-0.15, -0.1) is 11.3 Å². The van der Waals surface area contributed by atoms with Gasteiger partial charge >= 0.3 is 0 Å². The zero-order chi connectivity index (χ0) is 17.3. The summed E-state index contributed by atoms with van der Waals surface area (Å²) in [6, 6.07) is 7.47. The number of aryl methyl sites for hydroxylation is 1. The Bertz CT molecular complexity index is 782. The molecule has 0 bridgehead atoms. The molecule has 1 aromatic heterocycles. The number of hydrogen-bond donors (Lipinski definition) is 0. The van der Waals surface area contributed by atoms with Crippen LogP contribution in [0.25, 0.3) is 10.6 Å². The van der Waals surface area contributed by atoms with Crippen molar-refractivity contribution in [3.8, 4) is 10.6 Å². The van der Waals surface area contributed by atoms with Gasteiger partial charge in [0.1, 0.15) is 9.88 Å². The van der Waals surface area contributed by atoms with E-state index in [2.05, 4.69) is 4.98 Å². The molecule has 0 N–H and O–H groups in total. The topological polar surface area (TPSA) is 53.5 Å². The third-order valence-electron chi connectivity index (χ3n) is 4.07. The first-order valence-electron chi connectivity index (χ1n) is 7.74. The minimum Gasteiger partial charge on any atom is -0.339 e. The molecule has 5 nitrogen and oxygen atoms in total. The number of nitrogens with zero attached hydrogens (tertiary/aromatic N) is 3. The minimum absolute atomic E-state index is 0.0125. The van der Waals surface area contributed by atoms with E-state index in [1.54, 1.807) is 16.7 Å². The van der Waals surface area contributed by atoms with Crippen LogP contribution < -0.4 is 0 Å². The molecule has 7 heteroatoms. The zero-order valence-electron chi connectivity index (χ0n) is 13.6. The summed E-state index contributed by atoms with van der Waals surface area (Å²) < 4.78 is 0. The van der Waals surface area contributed by atoms with Crippen molar-refractivity contribution >= 4 is 34.8 Å². The van der Waals surface area contributed by atoms with E-state index in [1.165, 1.54) is 11.3 Å². The number of rotatable bonds is 2. The highest BCUT2D eigenvalue weighted by Gasteiger charge is 2.26. The maximum Gasteiger partial charge on any atom is 0.265 e. The van der Waals surface area contributed by atoms with Gasteiger partial charge in [-0.3, -0.25) is 9.59 Å². The van der Waals surface area contributed by atoms with Gasteiger partial charge in [0.25, 0.3) is 5.91 Å². The lowest BCUT2D eigenvalue weighted by Gasteiger charge is -2.34. The summed E-state index contributed by atoms with van der Waals surface area (Å²) in [6.45, 7) is 5.69. The maximum absolute atomic E-state index is 12.8. The average Bonchev–Trinajstić information content (AvgIpc) is 2.96. The summed E-state index contributed by atoms with van der Waals surface area (Å²) >= 11 is 7.42. The number of carbonyl (C=O) groups is 2. The standard InChI is InChI=1S/C17H18ClN3O2S/c1-11-15(17(23)21-8-6-20(7-9-21)12(2)22)24-16(19-11)13-4-3-5-14(18)10-13/h3-5,10H,6-9H2,1-2H3. The molecule has 1 fully saturated rings. The fourth-order valence-electron chi connectivity index (χ4n) is 2.71. The van der Waals surface area contributed by atoms with Crippen LogP contribution in [0.3, 0.4) is 0 Å². The van der Waals surface area contributed by atoms with Crippen molar-refractivity contribution in [2.24, 2.45) is 0 Å². The van der Waals surface area contributed by atoms with Crippen LogP contribution >= 0.6 is 22.9 Å². The molecule has 2 heterocycles. The second-order valence-electron chi connectivity index (χ2n) is 5.74. The zero-order valence-corrected chi connectivity index (χ0v) is 15.2. The first-order chi connectivity index (χ1) is 11.5. The molecule has 0 aliphatic carbocycles. The number of benzene rings is 1. The molecule has 1 aliphatic heterocycles. The van der Waals surface area contributed by atoms with E-state index in [1.807, 2.05) is 31.2 Å². The van der Waals surface area contributed by atoms with E-state index < -0.39 is 0 Å². The smallest absolute Gasteiger partial charge is 0.265 e. The normalized spacial score (nSPS) is 14.8. The number of halogens is 1. The van der Waals surface area contributed by atoms with Gasteiger partial charge in [-0.2, -0.15) is 0 Å². The first kappa shape index (κ1) is 16.9. The lowest BCUT2D eigenvalue weighted by Crippen LogP contribution is -2.50. The number of piperazine rings is 1. The first-order valence-corrected chi connectivity index (χ1v) is 8.93. The monoisotopic (exact) mass is 363 g/mol. The fourth-order valence-corrected chi connectivity index (χ4v) is 3.93. The third-order valence-corrected chi connectivity index (χ3v) is 5.50. The third kappa shape index (κ3) is 3.44. The summed E-state index contributed by atoms with van der Waals surface area (Å²) in [4.78, 5) is 32.9. The predicted octanol–water partition coefficient (Wildman–Crippen LogP) is 3.08. The van der Waals surface area contributed by atoms with Gasteiger partial charge in [-0.1, -0.05) is 23.7 Å². The van der Waals surface area contributed by atoms with Gasteiger partial charge in [0, 0.05) is 43.7 Å². The lowest BCUT2D eigenvalue weighted by atomic mass is 10.2. The Kier molecular flexibility index (Phi) is 4.87. The Balaban J connectivity index is 1.78. The second kappa shape index (κ2) is 6.91. The Labute approximate surface area is 149 Å². The van der Waals surface area contributed by atoms with Gasteiger partial charge in [-0.25, -0.2) is 4.98 Å². The highest BCUT2D eigenvalue weighted by atomic mass is 35.5. The summed E-state index contributed by atoms with van der Waals surface area (Å²) in [5, 5.41) is 1.44. The van der Waals surface area contributed by atoms with Gasteiger partial charge < -0.3 is 9.80 Å². The van der Waals surface area contributed by atoms with Crippen LogP contribution in [0.5, 0.6) is 0 Å². The molecular formula is C17H18ClN3O2S. The van der Waals surface area contributed by atoms with Gasteiger partial charge in [0.2, 0.25) is 5.91 Å². The molecule has 126 valence electrons. The molecule has 2 amide bonds. The van der Waals surface area contributed by atoms with Crippen molar-refractivity contribution in [1.82, 2.24) is 14.8 Å². The van der Waals surface area contributed by atoms with Crippen molar-refractivity contribution in [1.29, 1.82) is 0 Å². The quantitative estimate of drug-likeness (QED) is 0.823. The number of carbonyl (C=O) groups excluding carboxylic acids is 2. The number of thiazole rings is 1. The van der Waals surface area contributed by atoms with Crippen molar-refractivity contribution in [3.63, 3.8) is 0 Å². The summed E-state index contributed by atoms with van der Waals surface area (Å²) in [7, 11) is 0. The van der Waals surface area contributed by atoms with E-state index in [9.17, 15) is 9.59 Å². The van der Waals surface area contributed by atoms with Crippen molar-refractivity contribution < 1.29 is 9.59 Å². The molecule has 1 aliphatic rings. The predicted molar refractivity (Wildman–Crippen MR) is 95.5 cm³/mol. The van der Waals surface area contributed by atoms with Gasteiger partial charge in [0.15, 0.2) is 0 Å². The molecule has 0 spiro atoms. The van der Waals surface area contributed by atoms with E-state index >= 15 is 0 Å². The molecule has 24 heavy (non-hydrogen) atoms. The van der Waals surface area contributed by atoms with Crippen molar-refractivity contribution in [2.45, 2.75) is 13.8 Å².